The highest BCUT2D eigenvalue weighted by Gasteiger charge is 2.19. The number of anilines is 1. The van der Waals surface area contributed by atoms with Crippen LogP contribution in [-0.4, -0.2) is 48.7 Å². The fourth-order valence-electron chi connectivity index (χ4n) is 2.99. The summed E-state index contributed by atoms with van der Waals surface area (Å²) in [6, 6.07) is 14.5. The van der Waals surface area contributed by atoms with E-state index in [4.69, 9.17) is 10.5 Å². The molecule has 0 saturated carbocycles. The topological polar surface area (TPSA) is 84.7 Å². The van der Waals surface area contributed by atoms with Gasteiger partial charge in [-0.2, -0.15) is 0 Å². The number of carbonyl (C=O) groups is 2. The van der Waals surface area contributed by atoms with Crippen LogP contribution >= 0.6 is 11.8 Å². The Morgan fingerprint density at radius 1 is 1.07 bits per heavy atom. The van der Waals surface area contributed by atoms with Crippen LogP contribution < -0.4 is 15.8 Å². The SMILES string of the molecule is NCCOc1ccc(NC(=O)c2ccccc2SCC(=O)N2CCCC2)cc1. The zero-order valence-electron chi connectivity index (χ0n) is 15.7. The van der Waals surface area contributed by atoms with Crippen LogP contribution in [0.1, 0.15) is 23.2 Å². The van der Waals surface area contributed by atoms with Crippen LogP contribution in [-0.2, 0) is 4.79 Å². The molecule has 3 rings (SSSR count). The number of ether oxygens (including phenoxy) is 1. The Kier molecular flexibility index (Phi) is 7.33. The molecule has 1 saturated heterocycles. The van der Waals surface area contributed by atoms with Gasteiger partial charge in [0.2, 0.25) is 5.91 Å². The number of benzene rings is 2. The fourth-order valence-corrected chi connectivity index (χ4v) is 3.94. The summed E-state index contributed by atoms with van der Waals surface area (Å²) in [5.41, 5.74) is 6.66. The minimum absolute atomic E-state index is 0.130. The van der Waals surface area contributed by atoms with Crippen LogP contribution in [0.25, 0.3) is 0 Å². The van der Waals surface area contributed by atoms with Crippen LogP contribution in [0, 0.1) is 0 Å². The Bertz CT molecular complexity index is 805. The second kappa shape index (κ2) is 10.1. The third-order valence-corrected chi connectivity index (χ3v) is 5.50. The molecule has 2 amide bonds. The molecule has 1 aliphatic rings. The maximum atomic E-state index is 12.7. The molecule has 0 aliphatic carbocycles. The van der Waals surface area contributed by atoms with Crippen molar-refractivity contribution in [1.29, 1.82) is 0 Å². The van der Waals surface area contributed by atoms with Crippen LogP contribution in [0.4, 0.5) is 5.69 Å². The second-order valence-corrected chi connectivity index (χ2v) is 7.51. The Labute approximate surface area is 169 Å². The Balaban J connectivity index is 1.61. The van der Waals surface area contributed by atoms with E-state index in [2.05, 4.69) is 5.32 Å². The van der Waals surface area contributed by atoms with Crippen LogP contribution in [0.15, 0.2) is 53.4 Å². The van der Waals surface area contributed by atoms with Gasteiger partial charge in [-0.25, -0.2) is 0 Å². The molecule has 0 radical (unpaired) electrons. The molecule has 0 bridgehead atoms. The number of likely N-dealkylation sites (tertiary alicyclic amines) is 1. The van der Waals surface area contributed by atoms with Gasteiger partial charge in [0, 0.05) is 30.2 Å². The quantitative estimate of drug-likeness (QED) is 0.667. The summed E-state index contributed by atoms with van der Waals surface area (Å²) >= 11 is 1.41. The molecule has 7 heteroatoms. The van der Waals surface area contributed by atoms with Gasteiger partial charge in [0.15, 0.2) is 0 Å². The largest absolute Gasteiger partial charge is 0.492 e. The highest BCUT2D eigenvalue weighted by molar-refractivity contribution is 8.00. The Morgan fingerprint density at radius 2 is 1.79 bits per heavy atom. The van der Waals surface area contributed by atoms with E-state index in [-0.39, 0.29) is 11.8 Å². The number of thioether (sulfide) groups is 1. The highest BCUT2D eigenvalue weighted by Crippen LogP contribution is 2.25. The molecule has 1 aliphatic heterocycles. The number of nitrogens with two attached hydrogens (primary N) is 1. The molecule has 0 unspecified atom stereocenters. The van der Waals surface area contributed by atoms with Gasteiger partial charge in [0.25, 0.3) is 5.91 Å². The van der Waals surface area contributed by atoms with Crippen molar-refractivity contribution < 1.29 is 14.3 Å². The molecule has 1 fully saturated rings. The van der Waals surface area contributed by atoms with Gasteiger partial charge in [-0.05, 0) is 49.2 Å². The molecule has 6 nitrogen and oxygen atoms in total. The average molecular weight is 400 g/mol. The molecule has 2 aromatic carbocycles. The smallest absolute Gasteiger partial charge is 0.256 e. The van der Waals surface area contributed by atoms with Crippen molar-refractivity contribution in [2.75, 3.05) is 37.3 Å². The number of hydrogen-bond acceptors (Lipinski definition) is 5. The molecule has 0 spiro atoms. The number of amides is 2. The Morgan fingerprint density at radius 3 is 2.50 bits per heavy atom. The van der Waals surface area contributed by atoms with Gasteiger partial charge < -0.3 is 20.7 Å². The molecular weight excluding hydrogens is 374 g/mol. The molecule has 0 aromatic heterocycles. The third-order valence-electron chi connectivity index (χ3n) is 4.44. The summed E-state index contributed by atoms with van der Waals surface area (Å²) in [7, 11) is 0. The van der Waals surface area contributed by atoms with E-state index >= 15 is 0 Å². The van der Waals surface area contributed by atoms with Crippen LogP contribution in [0.5, 0.6) is 5.75 Å². The highest BCUT2D eigenvalue weighted by atomic mass is 32.2. The van der Waals surface area contributed by atoms with Crippen molar-refractivity contribution in [1.82, 2.24) is 4.90 Å². The van der Waals surface area contributed by atoms with E-state index in [1.165, 1.54) is 11.8 Å². The molecule has 0 atom stereocenters. The van der Waals surface area contributed by atoms with Crippen molar-refractivity contribution in [3.05, 3.63) is 54.1 Å². The first-order valence-corrected chi connectivity index (χ1v) is 10.4. The maximum Gasteiger partial charge on any atom is 0.256 e. The van der Waals surface area contributed by atoms with Gasteiger partial charge in [-0.3, -0.25) is 9.59 Å². The van der Waals surface area contributed by atoms with Crippen molar-refractivity contribution in [2.24, 2.45) is 5.73 Å². The van der Waals surface area contributed by atoms with Gasteiger partial charge in [0.05, 0.1) is 11.3 Å². The molecular formula is C21H25N3O3S. The maximum absolute atomic E-state index is 12.7. The average Bonchev–Trinajstić information content (AvgIpc) is 3.27. The summed E-state index contributed by atoms with van der Waals surface area (Å²) in [6.45, 7) is 2.58. The van der Waals surface area contributed by atoms with Crippen molar-refractivity contribution >= 4 is 29.3 Å². The first kappa shape index (κ1) is 20.2. The van der Waals surface area contributed by atoms with Crippen LogP contribution in [0.2, 0.25) is 0 Å². The fraction of sp³-hybridized carbons (Fsp3) is 0.333. The van der Waals surface area contributed by atoms with Crippen molar-refractivity contribution in [3.63, 3.8) is 0 Å². The number of carbonyl (C=O) groups excluding carboxylic acids is 2. The van der Waals surface area contributed by atoms with Gasteiger partial charge in [0.1, 0.15) is 12.4 Å². The van der Waals surface area contributed by atoms with Crippen LogP contribution in [0.3, 0.4) is 0 Å². The lowest BCUT2D eigenvalue weighted by Gasteiger charge is -2.15. The normalized spacial score (nSPS) is 13.4. The zero-order chi connectivity index (χ0) is 19.8. The second-order valence-electron chi connectivity index (χ2n) is 6.49. The van der Waals surface area contributed by atoms with Gasteiger partial charge in [-0.1, -0.05) is 12.1 Å². The van der Waals surface area contributed by atoms with Crippen molar-refractivity contribution in [2.45, 2.75) is 17.7 Å². The lowest BCUT2D eigenvalue weighted by molar-refractivity contribution is -0.127. The Hall–Kier alpha value is -2.51. The van der Waals surface area contributed by atoms with E-state index in [0.717, 1.165) is 30.8 Å². The summed E-state index contributed by atoms with van der Waals surface area (Å²) in [6.07, 6.45) is 2.15. The molecule has 1 heterocycles. The molecule has 3 N–H and O–H groups in total. The number of rotatable bonds is 8. The summed E-state index contributed by atoms with van der Waals surface area (Å²) in [5.74, 6) is 0.982. The summed E-state index contributed by atoms with van der Waals surface area (Å²) < 4.78 is 5.44. The minimum Gasteiger partial charge on any atom is -0.492 e. The molecule has 2 aromatic rings. The number of nitrogens with one attached hydrogen (secondary N) is 1. The minimum atomic E-state index is -0.202. The first-order chi connectivity index (χ1) is 13.7. The third kappa shape index (κ3) is 5.50. The van der Waals surface area contributed by atoms with E-state index in [0.29, 0.717) is 35.9 Å². The molecule has 148 valence electrons. The van der Waals surface area contributed by atoms with Crippen molar-refractivity contribution in [3.8, 4) is 5.75 Å². The molecule has 28 heavy (non-hydrogen) atoms. The lowest BCUT2D eigenvalue weighted by atomic mass is 10.2. The zero-order valence-corrected chi connectivity index (χ0v) is 16.5. The van der Waals surface area contributed by atoms with E-state index in [1.54, 1.807) is 30.3 Å². The number of nitrogens with zero attached hydrogens (tertiary/aromatic N) is 1. The monoisotopic (exact) mass is 399 g/mol. The summed E-state index contributed by atoms with van der Waals surface area (Å²) in [4.78, 5) is 27.7. The lowest BCUT2D eigenvalue weighted by Crippen LogP contribution is -2.29. The predicted octanol–water partition coefficient (Wildman–Crippen LogP) is 2.99. The number of hydrogen-bond donors (Lipinski definition) is 2. The summed E-state index contributed by atoms with van der Waals surface area (Å²) in [5, 5.41) is 2.90. The van der Waals surface area contributed by atoms with Gasteiger partial charge >= 0.3 is 0 Å². The standard InChI is InChI=1S/C21H25N3O3S/c22-11-14-27-17-9-7-16(8-10-17)23-21(26)18-5-1-2-6-19(18)28-15-20(25)24-12-3-4-13-24/h1-2,5-10H,3-4,11-15,22H2,(H,23,26). The van der Waals surface area contributed by atoms with E-state index in [1.807, 2.05) is 23.1 Å². The van der Waals surface area contributed by atoms with E-state index < -0.39 is 0 Å². The first-order valence-electron chi connectivity index (χ1n) is 9.41. The predicted molar refractivity (Wildman–Crippen MR) is 112 cm³/mol. The van der Waals surface area contributed by atoms with Gasteiger partial charge in [-0.15, -0.1) is 11.8 Å². The van der Waals surface area contributed by atoms with E-state index in [9.17, 15) is 9.59 Å².